The number of hydrogen-bond acceptors (Lipinski definition) is 4. The molecule has 0 saturated carbocycles. The highest BCUT2D eigenvalue weighted by molar-refractivity contribution is 6.31. The Morgan fingerprint density at radius 3 is 2.50 bits per heavy atom. The molecule has 6 rings (SSSR count). The number of carbonyl (C=O) groups excluding carboxylic acids is 4. The lowest BCUT2D eigenvalue weighted by atomic mass is 9.79. The molecule has 2 saturated heterocycles. The van der Waals surface area contributed by atoms with E-state index in [9.17, 15) is 19.2 Å². The fourth-order valence-corrected chi connectivity index (χ4v) is 7.53. The van der Waals surface area contributed by atoms with E-state index in [1.807, 2.05) is 72.2 Å². The van der Waals surface area contributed by atoms with Gasteiger partial charge in [-0.3, -0.25) is 19.2 Å². The highest BCUT2D eigenvalue weighted by atomic mass is 35.5. The molecule has 2 aliphatic rings. The SMILES string of the molecule is CNC(=O)[C@H](CCCc1ccccc1)NC(=O)C1CN(C(=O)Cc2c[nH]c3cc(Cl)ccc23)CC2CN(C(=O)c3cc(C)n(C)c3)CC21. The van der Waals surface area contributed by atoms with Gasteiger partial charge >= 0.3 is 0 Å². The highest BCUT2D eigenvalue weighted by Gasteiger charge is 2.48. The molecule has 0 radical (unpaired) electrons. The summed E-state index contributed by atoms with van der Waals surface area (Å²) in [7, 11) is 3.48. The van der Waals surface area contributed by atoms with Crippen molar-refractivity contribution in [3.05, 3.63) is 94.4 Å². The minimum Gasteiger partial charge on any atom is -0.361 e. The molecule has 4 amide bonds. The number of piperidine rings is 1. The number of carbonyl (C=O) groups is 4. The van der Waals surface area contributed by atoms with Crippen molar-refractivity contribution in [2.45, 2.75) is 38.6 Å². The van der Waals surface area contributed by atoms with Crippen LogP contribution in [0.5, 0.6) is 0 Å². The van der Waals surface area contributed by atoms with E-state index in [0.29, 0.717) is 36.6 Å². The average molecular weight is 671 g/mol. The lowest BCUT2D eigenvalue weighted by Gasteiger charge is -2.40. The Morgan fingerprint density at radius 2 is 1.77 bits per heavy atom. The molecule has 3 N–H and O–H groups in total. The molecular formula is C37H43ClN6O4. The van der Waals surface area contributed by atoms with Gasteiger partial charge in [0.2, 0.25) is 17.7 Å². The van der Waals surface area contributed by atoms with E-state index >= 15 is 0 Å². The molecule has 2 aromatic carbocycles. The van der Waals surface area contributed by atoms with Crippen LogP contribution >= 0.6 is 11.6 Å². The second kappa shape index (κ2) is 14.3. The third kappa shape index (κ3) is 7.13. The molecule has 0 bridgehead atoms. The predicted molar refractivity (Wildman–Crippen MR) is 185 cm³/mol. The number of H-pyrrole nitrogens is 1. The summed E-state index contributed by atoms with van der Waals surface area (Å²) in [6.45, 7) is 3.49. The number of nitrogens with one attached hydrogen (secondary N) is 3. The van der Waals surface area contributed by atoms with Crippen LogP contribution in [-0.4, -0.2) is 82.2 Å². The van der Waals surface area contributed by atoms with E-state index in [1.54, 1.807) is 18.0 Å². The van der Waals surface area contributed by atoms with Crippen molar-refractivity contribution in [2.75, 3.05) is 33.2 Å². The van der Waals surface area contributed by atoms with E-state index in [1.165, 1.54) is 5.56 Å². The number of likely N-dealkylation sites (N-methyl/N-ethyl adjacent to an activating group) is 1. The van der Waals surface area contributed by atoms with Gasteiger partial charge in [0, 0.05) is 74.3 Å². The summed E-state index contributed by atoms with van der Waals surface area (Å²) in [5.41, 5.74) is 4.48. The Hall–Kier alpha value is -4.57. The maximum Gasteiger partial charge on any atom is 0.255 e. The highest BCUT2D eigenvalue weighted by Crippen LogP contribution is 2.37. The third-order valence-electron chi connectivity index (χ3n) is 10.1. The van der Waals surface area contributed by atoms with E-state index in [-0.39, 0.29) is 48.4 Å². The first-order valence-corrected chi connectivity index (χ1v) is 17.0. The molecular weight excluding hydrogens is 628 g/mol. The first kappa shape index (κ1) is 33.3. The Labute approximate surface area is 285 Å². The van der Waals surface area contributed by atoms with Gasteiger partial charge in [0.15, 0.2) is 0 Å². The van der Waals surface area contributed by atoms with Crippen molar-refractivity contribution in [3.8, 4) is 0 Å². The summed E-state index contributed by atoms with van der Waals surface area (Å²) in [4.78, 5) is 61.4. The number of aryl methyl sites for hydroxylation is 3. The van der Waals surface area contributed by atoms with Crippen LogP contribution in [0.15, 0.2) is 67.0 Å². The lowest BCUT2D eigenvalue weighted by molar-refractivity contribution is -0.140. The van der Waals surface area contributed by atoms with Crippen molar-refractivity contribution in [1.29, 1.82) is 0 Å². The van der Waals surface area contributed by atoms with Crippen molar-refractivity contribution >= 4 is 46.1 Å². The molecule has 0 aliphatic carbocycles. The monoisotopic (exact) mass is 670 g/mol. The lowest BCUT2D eigenvalue weighted by Crippen LogP contribution is -2.56. The van der Waals surface area contributed by atoms with E-state index in [0.717, 1.165) is 35.0 Å². The zero-order chi connectivity index (χ0) is 33.9. The Bertz CT molecular complexity index is 1800. The van der Waals surface area contributed by atoms with Crippen molar-refractivity contribution in [1.82, 2.24) is 30.0 Å². The number of hydrogen-bond donors (Lipinski definition) is 3. The summed E-state index contributed by atoms with van der Waals surface area (Å²) in [6.07, 6.45) is 5.81. The number of likely N-dealkylation sites (tertiary alicyclic amines) is 2. The topological polar surface area (TPSA) is 120 Å². The minimum absolute atomic E-state index is 0.0771. The zero-order valence-electron chi connectivity index (χ0n) is 27.7. The summed E-state index contributed by atoms with van der Waals surface area (Å²) in [6, 6.07) is 16.8. The fraction of sp³-hybridized carbons (Fsp3) is 0.405. The van der Waals surface area contributed by atoms with Crippen molar-refractivity contribution in [2.24, 2.45) is 24.8 Å². The summed E-state index contributed by atoms with van der Waals surface area (Å²) < 4.78 is 1.92. The van der Waals surface area contributed by atoms with Crippen LogP contribution in [-0.2, 0) is 34.3 Å². The smallest absolute Gasteiger partial charge is 0.255 e. The first-order valence-electron chi connectivity index (χ1n) is 16.6. The largest absolute Gasteiger partial charge is 0.361 e. The normalized spacial score (nSPS) is 19.6. The van der Waals surface area contributed by atoms with E-state index in [4.69, 9.17) is 11.6 Å². The van der Waals surface area contributed by atoms with Gasteiger partial charge in [0.05, 0.1) is 17.9 Å². The molecule has 4 aromatic rings. The second-order valence-electron chi connectivity index (χ2n) is 13.3. The number of benzene rings is 2. The third-order valence-corrected chi connectivity index (χ3v) is 10.3. The van der Waals surface area contributed by atoms with Crippen LogP contribution < -0.4 is 10.6 Å². The molecule has 4 heterocycles. The maximum atomic E-state index is 14.1. The number of amides is 4. The predicted octanol–water partition coefficient (Wildman–Crippen LogP) is 4.11. The molecule has 2 aromatic heterocycles. The zero-order valence-corrected chi connectivity index (χ0v) is 28.4. The van der Waals surface area contributed by atoms with Crippen LogP contribution in [0, 0.1) is 24.7 Å². The fourth-order valence-electron chi connectivity index (χ4n) is 7.35. The second-order valence-corrected chi connectivity index (χ2v) is 13.7. The van der Waals surface area contributed by atoms with Gasteiger partial charge in [-0.05, 0) is 67.3 Å². The van der Waals surface area contributed by atoms with Crippen LogP contribution in [0.3, 0.4) is 0 Å². The molecule has 2 aliphatic heterocycles. The van der Waals surface area contributed by atoms with Crippen LogP contribution in [0.25, 0.3) is 10.9 Å². The van der Waals surface area contributed by atoms with Gasteiger partial charge in [-0.2, -0.15) is 0 Å². The number of halogens is 1. The Kier molecular flexibility index (Phi) is 9.91. The average Bonchev–Trinajstić information content (AvgIpc) is 3.79. The van der Waals surface area contributed by atoms with Gasteiger partial charge in [-0.15, -0.1) is 0 Å². The van der Waals surface area contributed by atoms with Crippen LogP contribution in [0.4, 0.5) is 0 Å². The van der Waals surface area contributed by atoms with Crippen LogP contribution in [0.1, 0.15) is 40.0 Å². The molecule has 10 nitrogen and oxygen atoms in total. The van der Waals surface area contributed by atoms with Gasteiger partial charge in [0.1, 0.15) is 6.04 Å². The Balaban J connectivity index is 1.21. The Morgan fingerprint density at radius 1 is 1.00 bits per heavy atom. The van der Waals surface area contributed by atoms with Gasteiger partial charge in [0.25, 0.3) is 5.91 Å². The number of nitrogens with zero attached hydrogens (tertiary/aromatic N) is 3. The van der Waals surface area contributed by atoms with E-state index < -0.39 is 12.0 Å². The van der Waals surface area contributed by atoms with Crippen molar-refractivity contribution < 1.29 is 19.2 Å². The number of rotatable bonds is 10. The standard InChI is InChI=1S/C37H43ClN6O4/c1-23-14-26(18-42(23)3)37(48)44-20-27-19-43(34(45)15-25-17-40-33-16-28(38)12-13-29(25)33)22-31(30(27)21-44)35(46)41-32(36(47)39-2)11-7-10-24-8-5-4-6-9-24/h4-6,8-9,12-14,16-18,27,30-32,40H,7,10-11,15,19-22H2,1-3H3,(H,39,47)(H,41,46)/t27?,30?,31?,32-/m0/s1. The summed E-state index contributed by atoms with van der Waals surface area (Å²) >= 11 is 6.17. The van der Waals surface area contributed by atoms with Gasteiger partial charge < -0.3 is 30.0 Å². The number of aromatic nitrogens is 2. The molecule has 252 valence electrons. The molecule has 0 spiro atoms. The van der Waals surface area contributed by atoms with Gasteiger partial charge in [-0.25, -0.2) is 0 Å². The van der Waals surface area contributed by atoms with Crippen molar-refractivity contribution in [3.63, 3.8) is 0 Å². The maximum absolute atomic E-state index is 14.1. The molecule has 48 heavy (non-hydrogen) atoms. The molecule has 11 heteroatoms. The number of fused-ring (bicyclic) bond motifs is 2. The molecule has 3 unspecified atom stereocenters. The first-order chi connectivity index (χ1) is 23.1. The minimum atomic E-state index is -0.708. The van der Waals surface area contributed by atoms with Crippen LogP contribution in [0.2, 0.25) is 5.02 Å². The van der Waals surface area contributed by atoms with Gasteiger partial charge in [-0.1, -0.05) is 48.0 Å². The quantitative estimate of drug-likeness (QED) is 0.235. The molecule has 2 fully saturated rings. The number of aromatic amines is 1. The summed E-state index contributed by atoms with van der Waals surface area (Å²) in [5.74, 6) is -1.48. The summed E-state index contributed by atoms with van der Waals surface area (Å²) in [5, 5.41) is 7.28. The molecule has 4 atom stereocenters. The van der Waals surface area contributed by atoms with E-state index in [2.05, 4.69) is 27.8 Å².